The minimum absolute atomic E-state index is 0.342. The van der Waals surface area contributed by atoms with Gasteiger partial charge in [0.05, 0.1) is 7.11 Å². The third-order valence-electron chi connectivity index (χ3n) is 1.55. The summed E-state index contributed by atoms with van der Waals surface area (Å²) in [5, 5.41) is 3.08. The monoisotopic (exact) mass is 182 g/mol. The van der Waals surface area contributed by atoms with Crippen LogP contribution in [0, 0.1) is 0 Å². The van der Waals surface area contributed by atoms with E-state index < -0.39 is 0 Å². The van der Waals surface area contributed by atoms with E-state index in [1.807, 2.05) is 0 Å². The normalized spacial score (nSPS) is 9.69. The van der Waals surface area contributed by atoms with Gasteiger partial charge in [0.1, 0.15) is 6.33 Å². The zero-order chi connectivity index (χ0) is 9.52. The van der Waals surface area contributed by atoms with Crippen LogP contribution < -0.4 is 10.1 Å². The molecule has 0 unspecified atom stereocenters. The van der Waals surface area contributed by atoms with Crippen LogP contribution in [0.15, 0.2) is 6.33 Å². The van der Waals surface area contributed by atoms with E-state index >= 15 is 0 Å². The lowest BCUT2D eigenvalue weighted by Gasteiger charge is -2.03. The summed E-state index contributed by atoms with van der Waals surface area (Å²) in [6.45, 7) is 3.01. The summed E-state index contributed by atoms with van der Waals surface area (Å²) in [5.41, 5.74) is 0. The molecular formula is C8H14N4O. The van der Waals surface area contributed by atoms with Crippen LogP contribution in [0.1, 0.15) is 19.8 Å². The van der Waals surface area contributed by atoms with Gasteiger partial charge in [-0.1, -0.05) is 13.3 Å². The molecule has 5 nitrogen and oxygen atoms in total. The first-order valence-electron chi connectivity index (χ1n) is 4.33. The Bertz CT molecular complexity index is 254. The minimum Gasteiger partial charge on any atom is -0.467 e. The third kappa shape index (κ3) is 3.23. The van der Waals surface area contributed by atoms with Gasteiger partial charge in [-0.05, 0) is 6.42 Å². The molecule has 0 aliphatic rings. The van der Waals surface area contributed by atoms with Gasteiger partial charge < -0.3 is 10.1 Å². The Labute approximate surface area is 77.6 Å². The zero-order valence-electron chi connectivity index (χ0n) is 7.95. The number of ether oxygens (including phenoxy) is 1. The average molecular weight is 182 g/mol. The SMILES string of the molecule is CCCCNc1ncnc(OC)n1. The predicted molar refractivity (Wildman–Crippen MR) is 49.8 cm³/mol. The summed E-state index contributed by atoms with van der Waals surface area (Å²) in [6.07, 6.45) is 3.68. The first kappa shape index (κ1) is 9.70. The second-order valence-corrected chi connectivity index (χ2v) is 2.58. The smallest absolute Gasteiger partial charge is 0.320 e. The molecule has 0 spiro atoms. The van der Waals surface area contributed by atoms with Gasteiger partial charge in [0.25, 0.3) is 0 Å². The second-order valence-electron chi connectivity index (χ2n) is 2.58. The number of nitrogens with zero attached hydrogens (tertiary/aromatic N) is 3. The van der Waals surface area contributed by atoms with Crippen molar-refractivity contribution in [2.75, 3.05) is 19.0 Å². The van der Waals surface area contributed by atoms with Crippen molar-refractivity contribution >= 4 is 5.95 Å². The molecule has 1 aromatic rings. The molecule has 0 bridgehead atoms. The van der Waals surface area contributed by atoms with Gasteiger partial charge in [0, 0.05) is 6.54 Å². The molecule has 0 amide bonds. The summed E-state index contributed by atoms with van der Waals surface area (Å²) in [6, 6.07) is 0.342. The molecule has 72 valence electrons. The third-order valence-corrected chi connectivity index (χ3v) is 1.55. The Balaban J connectivity index is 2.46. The van der Waals surface area contributed by atoms with Crippen molar-refractivity contribution in [1.82, 2.24) is 15.0 Å². The molecule has 0 saturated carbocycles. The summed E-state index contributed by atoms with van der Waals surface area (Å²) >= 11 is 0. The van der Waals surface area contributed by atoms with Crippen LogP contribution >= 0.6 is 0 Å². The molecule has 0 radical (unpaired) electrons. The largest absolute Gasteiger partial charge is 0.467 e. The van der Waals surface area contributed by atoms with E-state index in [9.17, 15) is 0 Å². The number of hydrogen-bond donors (Lipinski definition) is 1. The highest BCUT2D eigenvalue weighted by Gasteiger charge is 1.97. The number of unbranched alkanes of at least 4 members (excludes halogenated alkanes) is 1. The molecule has 1 rings (SSSR count). The summed E-state index contributed by atoms with van der Waals surface area (Å²) in [4.78, 5) is 11.8. The fraction of sp³-hybridized carbons (Fsp3) is 0.625. The van der Waals surface area contributed by atoms with E-state index in [0.29, 0.717) is 12.0 Å². The Morgan fingerprint density at radius 2 is 2.31 bits per heavy atom. The Kier molecular flexibility index (Phi) is 3.95. The number of nitrogens with one attached hydrogen (secondary N) is 1. The number of rotatable bonds is 5. The van der Waals surface area contributed by atoms with Crippen molar-refractivity contribution in [1.29, 1.82) is 0 Å². The molecule has 0 aromatic carbocycles. The maximum atomic E-state index is 4.86. The quantitative estimate of drug-likeness (QED) is 0.691. The Morgan fingerprint density at radius 1 is 1.46 bits per heavy atom. The van der Waals surface area contributed by atoms with E-state index in [4.69, 9.17) is 4.74 Å². The van der Waals surface area contributed by atoms with Crippen molar-refractivity contribution in [3.63, 3.8) is 0 Å². The molecule has 0 fully saturated rings. The lowest BCUT2D eigenvalue weighted by atomic mass is 10.3. The van der Waals surface area contributed by atoms with Crippen molar-refractivity contribution in [2.45, 2.75) is 19.8 Å². The molecule has 1 aromatic heterocycles. The predicted octanol–water partition coefficient (Wildman–Crippen LogP) is 1.09. The highest BCUT2D eigenvalue weighted by molar-refractivity contribution is 5.23. The van der Waals surface area contributed by atoms with E-state index in [1.165, 1.54) is 13.4 Å². The summed E-state index contributed by atoms with van der Waals surface area (Å²) in [5.74, 6) is 0.570. The van der Waals surface area contributed by atoms with E-state index in [2.05, 4.69) is 27.2 Å². The highest BCUT2D eigenvalue weighted by Crippen LogP contribution is 2.02. The van der Waals surface area contributed by atoms with Gasteiger partial charge in [-0.25, -0.2) is 4.98 Å². The van der Waals surface area contributed by atoms with Crippen LogP contribution in [0.5, 0.6) is 6.01 Å². The fourth-order valence-corrected chi connectivity index (χ4v) is 0.842. The standard InChI is InChI=1S/C8H14N4O/c1-3-4-5-9-7-10-6-11-8(12-7)13-2/h6H,3-5H2,1-2H3,(H,9,10,11,12). The van der Waals surface area contributed by atoms with Crippen molar-refractivity contribution < 1.29 is 4.74 Å². The van der Waals surface area contributed by atoms with Crippen molar-refractivity contribution in [2.24, 2.45) is 0 Å². The van der Waals surface area contributed by atoms with Gasteiger partial charge >= 0.3 is 6.01 Å². The first-order valence-corrected chi connectivity index (χ1v) is 4.33. The van der Waals surface area contributed by atoms with E-state index in [0.717, 1.165) is 19.4 Å². The Morgan fingerprint density at radius 3 is 3.00 bits per heavy atom. The number of methoxy groups -OCH3 is 1. The fourth-order valence-electron chi connectivity index (χ4n) is 0.842. The van der Waals surface area contributed by atoms with Crippen LogP contribution in [0.25, 0.3) is 0 Å². The second kappa shape index (κ2) is 5.29. The van der Waals surface area contributed by atoms with Crippen molar-refractivity contribution in [3.05, 3.63) is 6.33 Å². The molecule has 0 aliphatic carbocycles. The van der Waals surface area contributed by atoms with Crippen LogP contribution in [0.2, 0.25) is 0 Å². The lowest BCUT2D eigenvalue weighted by molar-refractivity contribution is 0.378. The van der Waals surface area contributed by atoms with E-state index in [1.54, 1.807) is 0 Å². The average Bonchev–Trinajstić information content (AvgIpc) is 2.19. The van der Waals surface area contributed by atoms with Gasteiger partial charge in [-0.3, -0.25) is 0 Å². The zero-order valence-corrected chi connectivity index (χ0v) is 7.95. The van der Waals surface area contributed by atoms with Crippen LogP contribution in [-0.4, -0.2) is 28.6 Å². The summed E-state index contributed by atoms with van der Waals surface area (Å²) < 4.78 is 4.86. The molecule has 0 aliphatic heterocycles. The number of hydrogen-bond acceptors (Lipinski definition) is 5. The molecule has 5 heteroatoms. The minimum atomic E-state index is 0.342. The van der Waals surface area contributed by atoms with Gasteiger partial charge in [-0.2, -0.15) is 9.97 Å². The Hall–Kier alpha value is -1.39. The van der Waals surface area contributed by atoms with Crippen LogP contribution in [0.3, 0.4) is 0 Å². The number of anilines is 1. The maximum Gasteiger partial charge on any atom is 0.320 e. The lowest BCUT2D eigenvalue weighted by Crippen LogP contribution is -2.06. The van der Waals surface area contributed by atoms with Gasteiger partial charge in [-0.15, -0.1) is 0 Å². The molecule has 1 N–H and O–H groups in total. The maximum absolute atomic E-state index is 4.86. The highest BCUT2D eigenvalue weighted by atomic mass is 16.5. The molecule has 13 heavy (non-hydrogen) atoms. The molecule has 1 heterocycles. The van der Waals surface area contributed by atoms with Gasteiger partial charge in [0.15, 0.2) is 0 Å². The first-order chi connectivity index (χ1) is 6.36. The van der Waals surface area contributed by atoms with E-state index in [-0.39, 0.29) is 0 Å². The van der Waals surface area contributed by atoms with Crippen LogP contribution in [0.4, 0.5) is 5.95 Å². The summed E-state index contributed by atoms with van der Waals surface area (Å²) in [7, 11) is 1.53. The molecule has 0 atom stereocenters. The molecular weight excluding hydrogens is 168 g/mol. The number of aromatic nitrogens is 3. The van der Waals surface area contributed by atoms with Crippen LogP contribution in [-0.2, 0) is 0 Å². The topological polar surface area (TPSA) is 59.9 Å². The van der Waals surface area contributed by atoms with Crippen molar-refractivity contribution in [3.8, 4) is 6.01 Å². The van der Waals surface area contributed by atoms with Gasteiger partial charge in [0.2, 0.25) is 5.95 Å². The molecule has 0 saturated heterocycles.